The Kier molecular flexibility index (Phi) is 3.47. The van der Waals surface area contributed by atoms with E-state index in [1.54, 1.807) is 13.0 Å². The van der Waals surface area contributed by atoms with Gasteiger partial charge in [0.05, 0.1) is 13.5 Å². The molecule has 0 saturated carbocycles. The van der Waals surface area contributed by atoms with Gasteiger partial charge in [0.1, 0.15) is 5.82 Å². The molecule has 4 heteroatoms. The van der Waals surface area contributed by atoms with E-state index in [4.69, 9.17) is 11.6 Å². The molecular weight excluding hydrogens is 207 g/mol. The highest BCUT2D eigenvalue weighted by Crippen LogP contribution is 2.19. The molecule has 0 unspecified atom stereocenters. The summed E-state index contributed by atoms with van der Waals surface area (Å²) in [5, 5.41) is 0.284. The minimum Gasteiger partial charge on any atom is -0.469 e. The average molecular weight is 217 g/mol. The van der Waals surface area contributed by atoms with E-state index in [0.29, 0.717) is 11.1 Å². The predicted molar refractivity (Wildman–Crippen MR) is 51.9 cm³/mol. The molecule has 0 aliphatic heterocycles. The summed E-state index contributed by atoms with van der Waals surface area (Å²) in [6, 6.07) is 2.79. The van der Waals surface area contributed by atoms with Crippen LogP contribution in [0.1, 0.15) is 11.1 Å². The third kappa shape index (κ3) is 2.45. The van der Waals surface area contributed by atoms with Crippen LogP contribution in [-0.2, 0) is 16.0 Å². The Morgan fingerprint density at radius 2 is 2.21 bits per heavy atom. The van der Waals surface area contributed by atoms with E-state index in [2.05, 4.69) is 4.74 Å². The Morgan fingerprint density at radius 3 is 2.79 bits per heavy atom. The van der Waals surface area contributed by atoms with Crippen LogP contribution in [0.5, 0.6) is 0 Å². The van der Waals surface area contributed by atoms with Crippen molar-refractivity contribution in [3.8, 4) is 0 Å². The largest absolute Gasteiger partial charge is 0.469 e. The van der Waals surface area contributed by atoms with Crippen molar-refractivity contribution in [3.63, 3.8) is 0 Å². The minimum absolute atomic E-state index is 0.0415. The van der Waals surface area contributed by atoms with Gasteiger partial charge in [-0.25, -0.2) is 4.39 Å². The number of halogens is 2. The van der Waals surface area contributed by atoms with Crippen molar-refractivity contribution in [1.82, 2.24) is 0 Å². The number of rotatable bonds is 2. The molecule has 0 bridgehead atoms. The van der Waals surface area contributed by atoms with Gasteiger partial charge in [-0.1, -0.05) is 11.6 Å². The van der Waals surface area contributed by atoms with Gasteiger partial charge in [-0.05, 0) is 30.2 Å². The molecule has 2 nitrogen and oxygen atoms in total. The molecule has 0 aliphatic carbocycles. The van der Waals surface area contributed by atoms with Crippen LogP contribution in [0, 0.1) is 12.7 Å². The van der Waals surface area contributed by atoms with E-state index in [1.165, 1.54) is 13.2 Å². The number of hydrogen-bond acceptors (Lipinski definition) is 2. The predicted octanol–water partition coefficient (Wildman–Crippen LogP) is 2.50. The summed E-state index contributed by atoms with van der Waals surface area (Å²) in [5.74, 6) is -0.814. The van der Waals surface area contributed by atoms with Gasteiger partial charge < -0.3 is 4.74 Å². The molecule has 76 valence electrons. The van der Waals surface area contributed by atoms with Crippen molar-refractivity contribution in [3.05, 3.63) is 34.1 Å². The van der Waals surface area contributed by atoms with Crippen molar-refractivity contribution >= 4 is 17.6 Å². The van der Waals surface area contributed by atoms with Crippen molar-refractivity contribution in [2.75, 3.05) is 7.11 Å². The number of ether oxygens (including phenoxy) is 1. The monoisotopic (exact) mass is 216 g/mol. The van der Waals surface area contributed by atoms with Crippen molar-refractivity contribution < 1.29 is 13.9 Å². The smallest absolute Gasteiger partial charge is 0.309 e. The van der Waals surface area contributed by atoms with Crippen LogP contribution in [0.15, 0.2) is 12.1 Å². The van der Waals surface area contributed by atoms with Gasteiger partial charge in [-0.2, -0.15) is 0 Å². The molecule has 0 fully saturated rings. The van der Waals surface area contributed by atoms with Gasteiger partial charge in [-0.15, -0.1) is 0 Å². The molecule has 0 radical (unpaired) electrons. The van der Waals surface area contributed by atoms with Crippen LogP contribution in [-0.4, -0.2) is 13.1 Å². The Labute approximate surface area is 86.6 Å². The molecule has 0 aliphatic rings. The van der Waals surface area contributed by atoms with E-state index in [1.807, 2.05) is 0 Å². The number of esters is 1. The molecule has 0 spiro atoms. The van der Waals surface area contributed by atoms with E-state index >= 15 is 0 Å². The van der Waals surface area contributed by atoms with E-state index < -0.39 is 11.8 Å². The van der Waals surface area contributed by atoms with Crippen LogP contribution in [0.4, 0.5) is 4.39 Å². The van der Waals surface area contributed by atoms with Gasteiger partial charge >= 0.3 is 5.97 Å². The van der Waals surface area contributed by atoms with E-state index in [0.717, 1.165) is 0 Å². The first kappa shape index (κ1) is 11.0. The van der Waals surface area contributed by atoms with Gasteiger partial charge in [0, 0.05) is 5.02 Å². The fourth-order valence-corrected chi connectivity index (χ4v) is 1.34. The number of benzene rings is 1. The zero-order valence-corrected chi connectivity index (χ0v) is 8.69. The minimum atomic E-state index is -0.408. The Bertz CT molecular complexity index is 363. The van der Waals surface area contributed by atoms with E-state index in [9.17, 15) is 9.18 Å². The topological polar surface area (TPSA) is 26.3 Å². The maximum Gasteiger partial charge on any atom is 0.309 e. The second-order valence-electron chi connectivity index (χ2n) is 2.92. The Balaban J connectivity index is 3.02. The third-order valence-corrected chi connectivity index (χ3v) is 2.20. The Morgan fingerprint density at radius 1 is 1.57 bits per heavy atom. The van der Waals surface area contributed by atoms with Gasteiger partial charge in [0.2, 0.25) is 0 Å². The summed E-state index contributed by atoms with van der Waals surface area (Å²) in [7, 11) is 1.29. The first-order valence-electron chi connectivity index (χ1n) is 4.06. The zero-order valence-electron chi connectivity index (χ0n) is 7.93. The summed E-state index contributed by atoms with van der Waals surface area (Å²) >= 11 is 5.66. The summed E-state index contributed by atoms with van der Waals surface area (Å²) in [6.07, 6.45) is 0.0415. The highest BCUT2D eigenvalue weighted by atomic mass is 35.5. The molecular formula is C10H10ClFO2. The molecule has 1 aromatic rings. The lowest BCUT2D eigenvalue weighted by atomic mass is 10.1. The maximum absolute atomic E-state index is 13.2. The number of hydrogen-bond donors (Lipinski definition) is 0. The lowest BCUT2D eigenvalue weighted by Gasteiger charge is -2.06. The fraction of sp³-hybridized carbons (Fsp3) is 0.300. The lowest BCUT2D eigenvalue weighted by molar-refractivity contribution is -0.139. The van der Waals surface area contributed by atoms with Gasteiger partial charge in [0.15, 0.2) is 0 Å². The molecule has 0 N–H and O–H groups in total. The highest BCUT2D eigenvalue weighted by Gasteiger charge is 2.10. The zero-order chi connectivity index (χ0) is 10.7. The third-order valence-electron chi connectivity index (χ3n) is 1.98. The molecule has 0 atom stereocenters. The molecule has 0 amide bonds. The van der Waals surface area contributed by atoms with Crippen LogP contribution >= 0.6 is 11.6 Å². The van der Waals surface area contributed by atoms with Gasteiger partial charge in [-0.3, -0.25) is 4.79 Å². The molecule has 1 aromatic carbocycles. The van der Waals surface area contributed by atoms with Crippen molar-refractivity contribution in [2.24, 2.45) is 0 Å². The second-order valence-corrected chi connectivity index (χ2v) is 3.36. The SMILES string of the molecule is COC(=O)Cc1cc(Cl)cc(F)c1C. The van der Waals surface area contributed by atoms with Crippen molar-refractivity contribution in [2.45, 2.75) is 13.3 Å². The first-order valence-corrected chi connectivity index (χ1v) is 4.43. The molecule has 0 saturated heterocycles. The average Bonchev–Trinajstić information content (AvgIpc) is 2.13. The summed E-state index contributed by atoms with van der Waals surface area (Å²) < 4.78 is 17.6. The van der Waals surface area contributed by atoms with Crippen molar-refractivity contribution in [1.29, 1.82) is 0 Å². The van der Waals surface area contributed by atoms with E-state index in [-0.39, 0.29) is 11.4 Å². The van der Waals surface area contributed by atoms with Crippen LogP contribution in [0.25, 0.3) is 0 Å². The lowest BCUT2D eigenvalue weighted by Crippen LogP contribution is -2.06. The number of carbonyl (C=O) groups is 1. The first-order chi connectivity index (χ1) is 6.54. The normalized spacial score (nSPS) is 10.0. The highest BCUT2D eigenvalue weighted by molar-refractivity contribution is 6.30. The molecule has 1 rings (SSSR count). The standard InChI is InChI=1S/C10H10ClFO2/c1-6-7(4-10(13)14-2)3-8(11)5-9(6)12/h3,5H,4H2,1-2H3. The Hall–Kier alpha value is -1.09. The van der Waals surface area contributed by atoms with Gasteiger partial charge in [0.25, 0.3) is 0 Å². The van der Waals surface area contributed by atoms with Crippen LogP contribution in [0.2, 0.25) is 5.02 Å². The summed E-state index contributed by atoms with van der Waals surface area (Å²) in [4.78, 5) is 11.0. The quantitative estimate of drug-likeness (QED) is 0.710. The fourth-order valence-electron chi connectivity index (χ4n) is 1.11. The molecule has 0 heterocycles. The molecule has 0 aromatic heterocycles. The summed E-state index contributed by atoms with van der Waals surface area (Å²) in [6.45, 7) is 1.60. The second kappa shape index (κ2) is 4.42. The number of methoxy groups -OCH3 is 1. The number of carbonyl (C=O) groups excluding carboxylic acids is 1. The molecule has 14 heavy (non-hydrogen) atoms. The summed E-state index contributed by atoms with van der Waals surface area (Å²) in [5.41, 5.74) is 0.988. The van der Waals surface area contributed by atoms with Crippen LogP contribution < -0.4 is 0 Å². The van der Waals surface area contributed by atoms with Crippen LogP contribution in [0.3, 0.4) is 0 Å². The maximum atomic E-state index is 13.2.